The lowest BCUT2D eigenvalue weighted by Gasteiger charge is -2.23. The maximum Gasteiger partial charge on any atom is 0.389 e. The number of esters is 2. The van der Waals surface area contributed by atoms with Crippen LogP contribution in [0.15, 0.2) is 0 Å². The molecule has 0 saturated carbocycles. The van der Waals surface area contributed by atoms with Crippen molar-refractivity contribution in [3.63, 3.8) is 0 Å². The molecule has 0 rings (SSSR count). The molecule has 0 aromatic rings. The molecule has 0 atom stereocenters. The van der Waals surface area contributed by atoms with Crippen LogP contribution >= 0.6 is 0 Å². The molecular formula is C13H18F6O4. The van der Waals surface area contributed by atoms with Crippen LogP contribution in [-0.2, 0) is 19.1 Å². The first-order valence-electron chi connectivity index (χ1n) is 6.65. The van der Waals surface area contributed by atoms with Crippen LogP contribution in [0.25, 0.3) is 0 Å². The second-order valence-corrected chi connectivity index (χ2v) is 5.72. The summed E-state index contributed by atoms with van der Waals surface area (Å²) in [5, 5.41) is 0. The lowest BCUT2D eigenvalue weighted by Crippen LogP contribution is -2.29. The minimum Gasteiger partial charge on any atom is -0.465 e. The van der Waals surface area contributed by atoms with Gasteiger partial charge in [0.25, 0.3) is 0 Å². The van der Waals surface area contributed by atoms with Gasteiger partial charge in [0, 0.05) is 5.41 Å². The molecule has 0 unspecified atom stereocenters. The van der Waals surface area contributed by atoms with Gasteiger partial charge in [-0.2, -0.15) is 26.3 Å². The summed E-state index contributed by atoms with van der Waals surface area (Å²) in [6, 6.07) is 0. The van der Waals surface area contributed by atoms with Crippen molar-refractivity contribution in [1.82, 2.24) is 0 Å². The Bertz CT molecular complexity index is 364. The summed E-state index contributed by atoms with van der Waals surface area (Å²) in [6.45, 7) is 2.33. The Labute approximate surface area is 129 Å². The first-order valence-corrected chi connectivity index (χ1v) is 6.65. The number of carbonyl (C=O) groups is 2. The van der Waals surface area contributed by atoms with Gasteiger partial charge in [-0.3, -0.25) is 9.59 Å². The topological polar surface area (TPSA) is 52.6 Å². The normalized spacial score (nSPS) is 12.9. The quantitative estimate of drug-likeness (QED) is 0.493. The molecule has 0 saturated heterocycles. The highest BCUT2D eigenvalue weighted by Crippen LogP contribution is 2.23. The summed E-state index contributed by atoms with van der Waals surface area (Å²) in [5.74, 6) is -2.11. The lowest BCUT2D eigenvalue weighted by molar-refractivity contribution is -0.164. The fraction of sp³-hybridized carbons (Fsp3) is 0.846. The molecule has 0 bridgehead atoms. The minimum absolute atomic E-state index is 0.323. The monoisotopic (exact) mass is 352 g/mol. The molecule has 0 N–H and O–H groups in total. The van der Waals surface area contributed by atoms with E-state index in [4.69, 9.17) is 0 Å². The van der Waals surface area contributed by atoms with E-state index in [0.717, 1.165) is 0 Å². The summed E-state index contributed by atoms with van der Waals surface area (Å²) >= 11 is 0. The molecular weight excluding hydrogens is 334 g/mol. The van der Waals surface area contributed by atoms with Crippen LogP contribution in [0.4, 0.5) is 26.3 Å². The van der Waals surface area contributed by atoms with E-state index in [0.29, 0.717) is 0 Å². The zero-order valence-electron chi connectivity index (χ0n) is 12.6. The van der Waals surface area contributed by atoms with Gasteiger partial charge in [0.2, 0.25) is 0 Å². The second kappa shape index (κ2) is 8.39. The van der Waals surface area contributed by atoms with Gasteiger partial charge in [0.05, 0.1) is 38.9 Å². The number of hydrogen-bond donors (Lipinski definition) is 0. The Hall–Kier alpha value is -1.48. The van der Waals surface area contributed by atoms with Crippen LogP contribution in [0.5, 0.6) is 0 Å². The second-order valence-electron chi connectivity index (χ2n) is 5.72. The molecule has 0 radical (unpaired) electrons. The Morgan fingerprint density at radius 2 is 1.04 bits per heavy atom. The van der Waals surface area contributed by atoms with Crippen molar-refractivity contribution in [3.8, 4) is 0 Å². The molecule has 0 amide bonds. The first kappa shape index (κ1) is 21.5. The standard InChI is InChI=1S/C13H18F6O4/c1-11(2,7-22-9(20)3-5-12(14,15)16)8-23-10(21)4-6-13(17,18)19/h3-8H2,1-2H3. The average molecular weight is 352 g/mol. The van der Waals surface area contributed by atoms with Crippen molar-refractivity contribution in [2.75, 3.05) is 13.2 Å². The molecule has 0 aliphatic rings. The van der Waals surface area contributed by atoms with Gasteiger partial charge in [-0.25, -0.2) is 0 Å². The van der Waals surface area contributed by atoms with E-state index in [1.807, 2.05) is 0 Å². The predicted molar refractivity (Wildman–Crippen MR) is 66.3 cm³/mol. The van der Waals surface area contributed by atoms with Crippen molar-refractivity contribution < 1.29 is 45.4 Å². The van der Waals surface area contributed by atoms with E-state index in [1.54, 1.807) is 0 Å². The van der Waals surface area contributed by atoms with Crippen molar-refractivity contribution in [1.29, 1.82) is 0 Å². The lowest BCUT2D eigenvalue weighted by atomic mass is 9.96. The number of alkyl halides is 6. The van der Waals surface area contributed by atoms with Gasteiger partial charge >= 0.3 is 24.3 Å². The molecule has 10 heteroatoms. The highest BCUT2D eigenvalue weighted by atomic mass is 19.4. The number of carbonyl (C=O) groups excluding carboxylic acids is 2. The van der Waals surface area contributed by atoms with Gasteiger partial charge in [0.1, 0.15) is 0 Å². The summed E-state index contributed by atoms with van der Waals surface area (Å²) < 4.78 is 80.7. The van der Waals surface area contributed by atoms with Crippen LogP contribution in [-0.4, -0.2) is 37.5 Å². The highest BCUT2D eigenvalue weighted by Gasteiger charge is 2.30. The van der Waals surface area contributed by atoms with Crippen LogP contribution < -0.4 is 0 Å². The fourth-order valence-corrected chi connectivity index (χ4v) is 1.23. The van der Waals surface area contributed by atoms with E-state index in [1.165, 1.54) is 13.8 Å². The van der Waals surface area contributed by atoms with Crippen molar-refractivity contribution in [2.45, 2.75) is 51.9 Å². The maximum absolute atomic E-state index is 11.9. The van der Waals surface area contributed by atoms with E-state index in [2.05, 4.69) is 9.47 Å². The number of halogens is 6. The van der Waals surface area contributed by atoms with Crippen LogP contribution in [0, 0.1) is 5.41 Å². The number of ether oxygens (including phenoxy) is 2. The Kier molecular flexibility index (Phi) is 7.85. The van der Waals surface area contributed by atoms with Gasteiger partial charge in [-0.05, 0) is 0 Å². The van der Waals surface area contributed by atoms with Gasteiger partial charge in [-0.15, -0.1) is 0 Å². The van der Waals surface area contributed by atoms with Crippen LogP contribution in [0.3, 0.4) is 0 Å². The number of hydrogen-bond acceptors (Lipinski definition) is 4. The van der Waals surface area contributed by atoms with E-state index in [9.17, 15) is 35.9 Å². The molecule has 0 spiro atoms. The SMILES string of the molecule is CC(C)(COC(=O)CCC(F)(F)F)COC(=O)CCC(F)(F)F. The van der Waals surface area contributed by atoms with E-state index in [-0.39, 0.29) is 13.2 Å². The molecule has 23 heavy (non-hydrogen) atoms. The molecule has 136 valence electrons. The zero-order valence-corrected chi connectivity index (χ0v) is 12.6. The van der Waals surface area contributed by atoms with E-state index < -0.39 is 55.4 Å². The van der Waals surface area contributed by atoms with Gasteiger partial charge in [-0.1, -0.05) is 13.8 Å². The average Bonchev–Trinajstić information content (AvgIpc) is 2.37. The zero-order chi connectivity index (χ0) is 18.3. The summed E-state index contributed by atoms with van der Waals surface area (Å²) in [5.41, 5.74) is -0.929. The van der Waals surface area contributed by atoms with Crippen molar-refractivity contribution in [2.24, 2.45) is 5.41 Å². The summed E-state index contributed by atoms with van der Waals surface area (Å²) in [7, 11) is 0. The minimum atomic E-state index is -4.47. The third-order valence-corrected chi connectivity index (χ3v) is 2.47. The molecule has 0 aliphatic heterocycles. The Morgan fingerprint density at radius 3 is 1.30 bits per heavy atom. The first-order chi connectivity index (χ1) is 10.2. The molecule has 4 nitrogen and oxygen atoms in total. The third-order valence-electron chi connectivity index (χ3n) is 2.47. The van der Waals surface area contributed by atoms with Crippen LogP contribution in [0.1, 0.15) is 39.5 Å². The Morgan fingerprint density at radius 1 is 0.739 bits per heavy atom. The predicted octanol–water partition coefficient (Wildman–Crippen LogP) is 3.78. The molecule has 0 aliphatic carbocycles. The molecule has 0 heterocycles. The van der Waals surface area contributed by atoms with Crippen LogP contribution in [0.2, 0.25) is 0 Å². The van der Waals surface area contributed by atoms with Crippen molar-refractivity contribution >= 4 is 11.9 Å². The fourth-order valence-electron chi connectivity index (χ4n) is 1.23. The molecule has 0 aromatic heterocycles. The molecule has 0 fully saturated rings. The maximum atomic E-state index is 11.9. The Balaban J connectivity index is 4.05. The van der Waals surface area contributed by atoms with Crippen molar-refractivity contribution in [3.05, 3.63) is 0 Å². The number of rotatable bonds is 8. The summed E-state index contributed by atoms with van der Waals surface area (Å²) in [4.78, 5) is 22.3. The summed E-state index contributed by atoms with van der Waals surface area (Å²) in [6.07, 6.45) is -13.2. The van der Waals surface area contributed by atoms with E-state index >= 15 is 0 Å². The molecule has 0 aromatic carbocycles. The van der Waals surface area contributed by atoms with Gasteiger partial charge in [0.15, 0.2) is 0 Å². The van der Waals surface area contributed by atoms with Gasteiger partial charge < -0.3 is 9.47 Å². The smallest absolute Gasteiger partial charge is 0.389 e. The largest absolute Gasteiger partial charge is 0.465 e. The third kappa shape index (κ3) is 13.9. The highest BCUT2D eigenvalue weighted by molar-refractivity contribution is 5.70.